The number of halogens is 3. The van der Waals surface area contributed by atoms with E-state index in [-0.39, 0.29) is 34.1 Å². The highest BCUT2D eigenvalue weighted by Gasteiger charge is 2.28. The fourth-order valence-electron chi connectivity index (χ4n) is 2.46. The van der Waals surface area contributed by atoms with Gasteiger partial charge in [-0.25, -0.2) is 8.42 Å². The van der Waals surface area contributed by atoms with Crippen molar-refractivity contribution in [3.8, 4) is 0 Å². The summed E-state index contributed by atoms with van der Waals surface area (Å²) < 4.78 is 27.7. The quantitative estimate of drug-likeness (QED) is 0.610. The number of likely N-dealkylation sites (N-methyl/N-ethyl adjacent to an activating group) is 1. The van der Waals surface area contributed by atoms with Crippen LogP contribution in [0, 0.1) is 0 Å². The van der Waals surface area contributed by atoms with Crippen LogP contribution < -0.4 is 5.32 Å². The van der Waals surface area contributed by atoms with E-state index in [2.05, 4.69) is 21.2 Å². The highest BCUT2D eigenvalue weighted by Crippen LogP contribution is 2.27. The number of sulfonamides is 1. The van der Waals surface area contributed by atoms with Gasteiger partial charge in [0.2, 0.25) is 15.9 Å². The van der Waals surface area contributed by atoms with E-state index in [1.165, 1.54) is 18.2 Å². The van der Waals surface area contributed by atoms with Gasteiger partial charge in [-0.1, -0.05) is 58.2 Å². The monoisotopic (exact) mass is 492 g/mol. The molecule has 0 fully saturated rings. The van der Waals surface area contributed by atoms with Crippen LogP contribution in [-0.4, -0.2) is 31.7 Å². The molecule has 0 saturated carbocycles. The smallest absolute Gasteiger partial charge is 0.245 e. The zero-order valence-corrected chi connectivity index (χ0v) is 18.7. The van der Waals surface area contributed by atoms with E-state index in [0.29, 0.717) is 0 Å². The second-order valence-electron chi connectivity index (χ2n) is 5.85. The third kappa shape index (κ3) is 5.68. The van der Waals surface area contributed by atoms with Crippen molar-refractivity contribution in [3.63, 3.8) is 0 Å². The first-order chi connectivity index (χ1) is 12.6. The van der Waals surface area contributed by atoms with Crippen LogP contribution in [0.1, 0.15) is 25.5 Å². The maximum Gasteiger partial charge on any atom is 0.245 e. The average molecular weight is 494 g/mol. The number of nitrogens with one attached hydrogen (secondary N) is 1. The lowest BCUT2D eigenvalue weighted by atomic mass is 10.1. The largest absolute Gasteiger partial charge is 0.348 e. The van der Waals surface area contributed by atoms with Gasteiger partial charge in [-0.3, -0.25) is 4.79 Å². The van der Waals surface area contributed by atoms with Crippen molar-refractivity contribution in [2.24, 2.45) is 0 Å². The molecule has 2 aromatic carbocycles. The van der Waals surface area contributed by atoms with Crippen LogP contribution in [0.2, 0.25) is 10.0 Å². The molecule has 0 spiro atoms. The molecular formula is C18H19BrCl2N2O3S. The molecule has 5 nitrogen and oxygen atoms in total. The summed E-state index contributed by atoms with van der Waals surface area (Å²) in [5.74, 6) is -0.408. The fourth-order valence-corrected chi connectivity index (χ4v) is 4.87. The number of hydrogen-bond donors (Lipinski definition) is 1. The van der Waals surface area contributed by atoms with Crippen LogP contribution >= 0.6 is 39.1 Å². The predicted molar refractivity (Wildman–Crippen MR) is 112 cm³/mol. The van der Waals surface area contributed by atoms with Gasteiger partial charge in [0.25, 0.3) is 0 Å². The molecule has 0 bridgehead atoms. The van der Waals surface area contributed by atoms with E-state index >= 15 is 0 Å². The van der Waals surface area contributed by atoms with Gasteiger partial charge in [0.15, 0.2) is 0 Å². The van der Waals surface area contributed by atoms with Crippen molar-refractivity contribution < 1.29 is 13.2 Å². The SMILES string of the molecule is CCN(CC(=O)NC(C)c1ccc(Br)cc1)S(=O)(=O)c1cc(Cl)ccc1Cl. The number of nitrogens with zero attached hydrogens (tertiary/aromatic N) is 1. The molecule has 27 heavy (non-hydrogen) atoms. The normalized spacial score (nSPS) is 12.8. The number of amides is 1. The van der Waals surface area contributed by atoms with E-state index in [1.807, 2.05) is 31.2 Å². The van der Waals surface area contributed by atoms with Crippen molar-refractivity contribution in [2.45, 2.75) is 24.8 Å². The Morgan fingerprint density at radius 3 is 2.41 bits per heavy atom. The van der Waals surface area contributed by atoms with Crippen LogP contribution in [0.4, 0.5) is 0 Å². The van der Waals surface area contributed by atoms with E-state index in [4.69, 9.17) is 23.2 Å². The Morgan fingerprint density at radius 2 is 1.81 bits per heavy atom. The van der Waals surface area contributed by atoms with Crippen LogP contribution in [0.5, 0.6) is 0 Å². The lowest BCUT2D eigenvalue weighted by Gasteiger charge is -2.22. The summed E-state index contributed by atoms with van der Waals surface area (Å²) in [6.45, 7) is 3.29. The third-order valence-electron chi connectivity index (χ3n) is 3.93. The Labute approximate surface area is 177 Å². The number of hydrogen-bond acceptors (Lipinski definition) is 3. The van der Waals surface area contributed by atoms with Crippen molar-refractivity contribution in [2.75, 3.05) is 13.1 Å². The van der Waals surface area contributed by atoms with Crippen molar-refractivity contribution in [1.29, 1.82) is 0 Å². The second-order valence-corrected chi connectivity index (χ2v) is 9.51. The first-order valence-corrected chi connectivity index (χ1v) is 11.1. The molecule has 0 heterocycles. The van der Waals surface area contributed by atoms with E-state index in [9.17, 15) is 13.2 Å². The Kier molecular flexibility index (Phi) is 7.71. The lowest BCUT2D eigenvalue weighted by molar-refractivity contribution is -0.121. The average Bonchev–Trinajstić information content (AvgIpc) is 2.61. The molecule has 9 heteroatoms. The molecular weight excluding hydrogens is 475 g/mol. The minimum Gasteiger partial charge on any atom is -0.348 e. The molecule has 1 N–H and O–H groups in total. The van der Waals surface area contributed by atoms with Crippen molar-refractivity contribution in [1.82, 2.24) is 9.62 Å². The number of carbonyl (C=O) groups excluding carboxylic acids is 1. The van der Waals surface area contributed by atoms with Gasteiger partial charge in [0.1, 0.15) is 4.90 Å². The maximum atomic E-state index is 12.9. The first kappa shape index (κ1) is 22.2. The molecule has 0 radical (unpaired) electrons. The Bertz CT molecular complexity index is 921. The van der Waals surface area contributed by atoms with Gasteiger partial charge in [-0.15, -0.1) is 0 Å². The van der Waals surface area contributed by atoms with E-state index in [1.54, 1.807) is 6.92 Å². The van der Waals surface area contributed by atoms with E-state index < -0.39 is 15.9 Å². The fraction of sp³-hybridized carbons (Fsp3) is 0.278. The molecule has 0 aliphatic rings. The second kappa shape index (κ2) is 9.39. The molecule has 1 unspecified atom stereocenters. The Hall–Kier alpha value is -1.12. The third-order valence-corrected chi connectivity index (χ3v) is 7.10. The van der Waals surface area contributed by atoms with Crippen molar-refractivity contribution >= 4 is 55.1 Å². The molecule has 0 aliphatic carbocycles. The molecule has 1 amide bonds. The summed E-state index contributed by atoms with van der Waals surface area (Å²) in [6, 6.07) is 11.5. The highest BCUT2D eigenvalue weighted by atomic mass is 79.9. The molecule has 146 valence electrons. The summed E-state index contributed by atoms with van der Waals surface area (Å²) >= 11 is 15.3. The zero-order valence-electron chi connectivity index (χ0n) is 14.7. The van der Waals surface area contributed by atoms with Crippen LogP contribution in [0.25, 0.3) is 0 Å². The van der Waals surface area contributed by atoms with Gasteiger partial charge >= 0.3 is 0 Å². The molecule has 0 aromatic heterocycles. The summed E-state index contributed by atoms with van der Waals surface area (Å²) in [5.41, 5.74) is 0.912. The van der Waals surface area contributed by atoms with Crippen LogP contribution in [0.15, 0.2) is 51.8 Å². The number of rotatable bonds is 7. The van der Waals surface area contributed by atoms with Crippen molar-refractivity contribution in [3.05, 3.63) is 62.5 Å². The molecule has 0 saturated heterocycles. The number of benzene rings is 2. The van der Waals surface area contributed by atoms with Gasteiger partial charge in [0.05, 0.1) is 17.6 Å². The Morgan fingerprint density at radius 1 is 1.19 bits per heavy atom. The summed E-state index contributed by atoms with van der Waals surface area (Å²) in [4.78, 5) is 12.3. The first-order valence-electron chi connectivity index (χ1n) is 8.15. The molecule has 1 atom stereocenters. The van der Waals surface area contributed by atoms with Gasteiger partial charge in [-0.05, 0) is 42.8 Å². The molecule has 0 aliphatic heterocycles. The highest BCUT2D eigenvalue weighted by molar-refractivity contribution is 9.10. The minimum absolute atomic E-state index is 0.0569. The number of carbonyl (C=O) groups is 1. The maximum absolute atomic E-state index is 12.9. The zero-order chi connectivity index (χ0) is 20.2. The van der Waals surface area contributed by atoms with Gasteiger partial charge in [-0.2, -0.15) is 4.31 Å². The van der Waals surface area contributed by atoms with Gasteiger partial charge in [0, 0.05) is 16.0 Å². The minimum atomic E-state index is -3.96. The summed E-state index contributed by atoms with van der Waals surface area (Å²) in [6.07, 6.45) is 0. The molecule has 2 rings (SSSR count). The Balaban J connectivity index is 2.14. The summed E-state index contributed by atoms with van der Waals surface area (Å²) in [5, 5.41) is 3.12. The standard InChI is InChI=1S/C18H19BrCl2N2O3S/c1-3-23(27(25,26)17-10-15(20)8-9-16(17)21)11-18(24)22-12(2)13-4-6-14(19)7-5-13/h4-10,12H,3,11H2,1-2H3,(H,22,24). The molecule has 2 aromatic rings. The van der Waals surface area contributed by atoms with Crippen LogP contribution in [0.3, 0.4) is 0 Å². The van der Waals surface area contributed by atoms with Gasteiger partial charge < -0.3 is 5.32 Å². The topological polar surface area (TPSA) is 66.5 Å². The predicted octanol–water partition coefficient (Wildman–Crippen LogP) is 4.64. The van der Waals surface area contributed by atoms with E-state index in [0.717, 1.165) is 14.3 Å². The van der Waals surface area contributed by atoms with Crippen LogP contribution in [-0.2, 0) is 14.8 Å². The summed E-state index contributed by atoms with van der Waals surface area (Å²) in [7, 11) is -3.96. The lowest BCUT2D eigenvalue weighted by Crippen LogP contribution is -2.41.